The van der Waals surface area contributed by atoms with Crippen LogP contribution in [-0.4, -0.2) is 18.8 Å². The number of halogens is 1. The van der Waals surface area contributed by atoms with Crippen molar-refractivity contribution < 1.29 is 19.3 Å². The van der Waals surface area contributed by atoms with Gasteiger partial charge in [0.1, 0.15) is 13.2 Å². The van der Waals surface area contributed by atoms with Crippen LogP contribution in [0.3, 0.4) is 0 Å². The molecule has 4 aromatic carbocycles. The Morgan fingerprint density at radius 1 is 0.838 bits per heavy atom. The van der Waals surface area contributed by atoms with Gasteiger partial charge in [0.2, 0.25) is 0 Å². The molecule has 0 saturated carbocycles. The third-order valence-electron chi connectivity index (χ3n) is 6.61. The number of aromatic hydroxyl groups is 1. The van der Waals surface area contributed by atoms with E-state index >= 15 is 0 Å². The monoisotopic (exact) mass is 515 g/mol. The van der Waals surface area contributed by atoms with E-state index in [4.69, 9.17) is 25.8 Å². The summed E-state index contributed by atoms with van der Waals surface area (Å²) in [6, 6.07) is 27.4. The van der Waals surface area contributed by atoms with Gasteiger partial charge in [0, 0.05) is 17.1 Å². The fourth-order valence-corrected chi connectivity index (χ4v) is 4.88. The van der Waals surface area contributed by atoms with E-state index in [9.17, 15) is 5.11 Å². The minimum Gasteiger partial charge on any atom is -0.504 e. The SMILES string of the molecule is COc1cc2c(cc1OCc1ccccc1)C(Cc1cc(O)c(OCc3ccccc3)cc1Cl)NCC2. The van der Waals surface area contributed by atoms with Crippen molar-refractivity contribution in [3.63, 3.8) is 0 Å². The van der Waals surface area contributed by atoms with Crippen molar-refractivity contribution in [1.29, 1.82) is 0 Å². The summed E-state index contributed by atoms with van der Waals surface area (Å²) in [5, 5.41) is 14.8. The normalized spacial score (nSPS) is 14.6. The molecule has 0 amide bonds. The molecule has 0 aromatic heterocycles. The summed E-state index contributed by atoms with van der Waals surface area (Å²) < 4.78 is 17.6. The lowest BCUT2D eigenvalue weighted by Crippen LogP contribution is -2.31. The summed E-state index contributed by atoms with van der Waals surface area (Å²) in [6.07, 6.45) is 1.51. The van der Waals surface area contributed by atoms with E-state index in [2.05, 4.69) is 17.4 Å². The van der Waals surface area contributed by atoms with E-state index < -0.39 is 0 Å². The summed E-state index contributed by atoms with van der Waals surface area (Å²) in [4.78, 5) is 0. The lowest BCUT2D eigenvalue weighted by atomic mass is 9.89. The smallest absolute Gasteiger partial charge is 0.162 e. The van der Waals surface area contributed by atoms with Gasteiger partial charge in [-0.25, -0.2) is 0 Å². The van der Waals surface area contributed by atoms with Crippen LogP contribution >= 0.6 is 11.6 Å². The number of methoxy groups -OCH3 is 1. The Hall–Kier alpha value is -3.67. The highest BCUT2D eigenvalue weighted by atomic mass is 35.5. The molecule has 1 aliphatic heterocycles. The Morgan fingerprint density at radius 2 is 1.49 bits per heavy atom. The van der Waals surface area contributed by atoms with E-state index in [1.165, 1.54) is 5.56 Å². The van der Waals surface area contributed by atoms with Gasteiger partial charge < -0.3 is 24.6 Å². The van der Waals surface area contributed by atoms with Crippen molar-refractivity contribution in [2.45, 2.75) is 32.1 Å². The summed E-state index contributed by atoms with van der Waals surface area (Å²) in [5.74, 6) is 1.88. The maximum absolute atomic E-state index is 10.7. The number of hydrogen-bond acceptors (Lipinski definition) is 5. The number of phenols is 1. The van der Waals surface area contributed by atoms with Gasteiger partial charge in [0.15, 0.2) is 23.0 Å². The molecule has 0 fully saturated rings. The molecule has 1 aliphatic rings. The van der Waals surface area contributed by atoms with E-state index in [1.807, 2.05) is 60.7 Å². The first-order chi connectivity index (χ1) is 18.1. The fourth-order valence-electron chi connectivity index (χ4n) is 4.65. The molecule has 37 heavy (non-hydrogen) atoms. The van der Waals surface area contributed by atoms with Gasteiger partial charge in [-0.2, -0.15) is 0 Å². The van der Waals surface area contributed by atoms with Crippen molar-refractivity contribution in [2.24, 2.45) is 0 Å². The standard InChI is InChI=1S/C31H30ClNO4/c1-35-30-16-23-12-13-33-27(25(23)17-31(30)37-20-22-10-6-3-7-11-22)14-24-15-28(34)29(18-26(24)32)36-19-21-8-4-2-5-9-21/h2-11,15-18,27,33-34H,12-14,19-20H2,1H3. The number of hydrogen-bond donors (Lipinski definition) is 2. The molecule has 5 rings (SSSR count). The quantitative estimate of drug-likeness (QED) is 0.261. The van der Waals surface area contributed by atoms with Crippen molar-refractivity contribution in [3.05, 3.63) is 118 Å². The Balaban J connectivity index is 1.34. The first-order valence-corrected chi connectivity index (χ1v) is 12.8. The van der Waals surface area contributed by atoms with E-state index in [1.54, 1.807) is 19.2 Å². The number of fused-ring (bicyclic) bond motifs is 1. The predicted octanol–water partition coefficient (Wildman–Crippen LogP) is 6.64. The van der Waals surface area contributed by atoms with E-state index in [0.717, 1.165) is 41.0 Å². The van der Waals surface area contributed by atoms with Gasteiger partial charge in [-0.1, -0.05) is 72.3 Å². The minimum atomic E-state index is 0.0155. The van der Waals surface area contributed by atoms with Crippen molar-refractivity contribution >= 4 is 11.6 Å². The molecule has 1 unspecified atom stereocenters. The number of benzene rings is 4. The molecule has 1 heterocycles. The van der Waals surface area contributed by atoms with E-state index in [0.29, 0.717) is 36.2 Å². The van der Waals surface area contributed by atoms with E-state index in [-0.39, 0.29) is 11.8 Å². The summed E-state index contributed by atoms with van der Waals surface area (Å²) in [7, 11) is 1.67. The predicted molar refractivity (Wildman–Crippen MR) is 146 cm³/mol. The van der Waals surface area contributed by atoms with Gasteiger partial charge in [-0.05, 0) is 65.4 Å². The number of ether oxygens (including phenoxy) is 3. The second kappa shape index (κ2) is 11.6. The van der Waals surface area contributed by atoms with Crippen LogP contribution in [0.1, 0.15) is 33.9 Å². The van der Waals surface area contributed by atoms with Crippen LogP contribution in [0.5, 0.6) is 23.0 Å². The Morgan fingerprint density at radius 3 is 2.14 bits per heavy atom. The highest BCUT2D eigenvalue weighted by molar-refractivity contribution is 6.31. The maximum Gasteiger partial charge on any atom is 0.162 e. The molecule has 0 saturated heterocycles. The molecule has 0 radical (unpaired) electrons. The van der Waals surface area contributed by atoms with Gasteiger partial charge in [-0.15, -0.1) is 0 Å². The number of nitrogens with one attached hydrogen (secondary N) is 1. The molecule has 190 valence electrons. The lowest BCUT2D eigenvalue weighted by Gasteiger charge is -2.29. The third kappa shape index (κ3) is 6.01. The van der Waals surface area contributed by atoms with Crippen molar-refractivity contribution in [1.82, 2.24) is 5.32 Å². The molecule has 0 spiro atoms. The highest BCUT2D eigenvalue weighted by Crippen LogP contribution is 2.39. The zero-order chi connectivity index (χ0) is 25.6. The minimum absolute atomic E-state index is 0.0155. The molecule has 6 heteroatoms. The van der Waals surface area contributed by atoms with Gasteiger partial charge in [-0.3, -0.25) is 0 Å². The number of phenolic OH excluding ortho intramolecular Hbond substituents is 1. The van der Waals surface area contributed by atoms with Crippen LogP contribution in [0.15, 0.2) is 84.9 Å². The van der Waals surface area contributed by atoms with Crippen LogP contribution in [0, 0.1) is 0 Å². The van der Waals surface area contributed by atoms with Crippen molar-refractivity contribution in [3.8, 4) is 23.0 Å². The average Bonchev–Trinajstić information content (AvgIpc) is 2.93. The topological polar surface area (TPSA) is 60.0 Å². The fraction of sp³-hybridized carbons (Fsp3) is 0.226. The Kier molecular flexibility index (Phi) is 7.83. The van der Waals surface area contributed by atoms with Crippen LogP contribution in [0.25, 0.3) is 0 Å². The Bertz CT molecular complexity index is 1340. The summed E-state index contributed by atoms with van der Waals surface area (Å²) in [5.41, 5.74) is 5.32. The summed E-state index contributed by atoms with van der Waals surface area (Å²) in [6.45, 7) is 1.65. The van der Waals surface area contributed by atoms with Crippen LogP contribution < -0.4 is 19.5 Å². The molecular formula is C31H30ClNO4. The van der Waals surface area contributed by atoms with Crippen LogP contribution in [0.4, 0.5) is 0 Å². The zero-order valence-electron chi connectivity index (χ0n) is 20.7. The molecular weight excluding hydrogens is 486 g/mol. The van der Waals surface area contributed by atoms with Gasteiger partial charge >= 0.3 is 0 Å². The van der Waals surface area contributed by atoms with Gasteiger partial charge in [0.05, 0.1) is 7.11 Å². The van der Waals surface area contributed by atoms with Crippen LogP contribution in [0.2, 0.25) is 5.02 Å². The number of rotatable bonds is 9. The largest absolute Gasteiger partial charge is 0.504 e. The Labute approximate surface area is 222 Å². The third-order valence-corrected chi connectivity index (χ3v) is 6.96. The summed E-state index contributed by atoms with van der Waals surface area (Å²) >= 11 is 6.66. The van der Waals surface area contributed by atoms with Gasteiger partial charge in [0.25, 0.3) is 0 Å². The first kappa shape index (κ1) is 25.0. The highest BCUT2D eigenvalue weighted by Gasteiger charge is 2.24. The molecule has 0 aliphatic carbocycles. The van der Waals surface area contributed by atoms with Crippen LogP contribution in [-0.2, 0) is 26.1 Å². The first-order valence-electron chi connectivity index (χ1n) is 12.4. The second-order valence-electron chi connectivity index (χ2n) is 9.12. The molecule has 1 atom stereocenters. The average molecular weight is 516 g/mol. The maximum atomic E-state index is 10.7. The van der Waals surface area contributed by atoms with Crippen molar-refractivity contribution in [2.75, 3.05) is 13.7 Å². The molecule has 4 aromatic rings. The molecule has 2 N–H and O–H groups in total. The lowest BCUT2D eigenvalue weighted by molar-refractivity contribution is 0.283. The second-order valence-corrected chi connectivity index (χ2v) is 9.53. The molecule has 5 nitrogen and oxygen atoms in total. The zero-order valence-corrected chi connectivity index (χ0v) is 21.5. The molecule has 0 bridgehead atoms.